The first kappa shape index (κ1) is 12.1. The topological polar surface area (TPSA) is 50.9 Å². The average Bonchev–Trinajstić information content (AvgIpc) is 2.21. The van der Waals surface area contributed by atoms with Crippen molar-refractivity contribution in [1.82, 2.24) is 4.98 Å². The van der Waals surface area contributed by atoms with Gasteiger partial charge in [0.15, 0.2) is 0 Å². The second-order valence-electron chi connectivity index (χ2n) is 3.36. The van der Waals surface area contributed by atoms with Gasteiger partial charge < -0.3 is 11.1 Å². The molecule has 17 heavy (non-hydrogen) atoms. The molecule has 3 N–H and O–H groups in total. The number of nitrogen functional groups attached to an aromatic ring is 1. The molecule has 0 aliphatic heterocycles. The van der Waals surface area contributed by atoms with Gasteiger partial charge in [0.2, 0.25) is 0 Å². The van der Waals surface area contributed by atoms with Crippen molar-refractivity contribution in [2.75, 3.05) is 11.1 Å². The summed E-state index contributed by atoms with van der Waals surface area (Å²) in [4.78, 5) is 3.99. The highest BCUT2D eigenvalue weighted by atomic mass is 79.9. The Bertz CT molecular complexity index is 542. The maximum Gasteiger partial charge on any atom is 0.147 e. The Hall–Kier alpha value is -1.33. The maximum atomic E-state index is 13.6. The molecule has 0 amide bonds. The number of rotatable bonds is 2. The highest BCUT2D eigenvalue weighted by Gasteiger charge is 2.05. The van der Waals surface area contributed by atoms with Gasteiger partial charge in [-0.25, -0.2) is 9.37 Å². The third-order valence-corrected chi connectivity index (χ3v) is 2.70. The molecular weight excluding hydrogens is 308 g/mol. The predicted octanol–water partition coefficient (Wildman–Crippen LogP) is 3.96. The van der Waals surface area contributed by atoms with Crippen LogP contribution in [0.2, 0.25) is 5.15 Å². The number of nitrogens with one attached hydrogen (secondary N) is 1. The molecule has 0 radical (unpaired) electrons. The van der Waals surface area contributed by atoms with Gasteiger partial charge in [0.25, 0.3) is 0 Å². The Morgan fingerprint density at radius 1 is 1.29 bits per heavy atom. The molecule has 2 aromatic rings. The van der Waals surface area contributed by atoms with Gasteiger partial charge in [-0.1, -0.05) is 27.5 Å². The summed E-state index contributed by atoms with van der Waals surface area (Å²) in [6.45, 7) is 0. The average molecular weight is 317 g/mol. The van der Waals surface area contributed by atoms with Crippen LogP contribution in [-0.2, 0) is 0 Å². The standard InChI is InChI=1S/C11H8BrClFN3/c12-6-1-2-9(8(14)3-6)16-11-5-7(15)4-10(13)17-11/h1-5H,(H3,15,16,17). The number of benzene rings is 1. The van der Waals surface area contributed by atoms with Crippen molar-refractivity contribution < 1.29 is 4.39 Å². The third-order valence-electron chi connectivity index (χ3n) is 2.01. The lowest BCUT2D eigenvalue weighted by atomic mass is 10.3. The summed E-state index contributed by atoms with van der Waals surface area (Å²) in [5.41, 5.74) is 6.38. The Balaban J connectivity index is 2.31. The lowest BCUT2D eigenvalue weighted by molar-refractivity contribution is 0.631. The number of pyridine rings is 1. The van der Waals surface area contributed by atoms with Crippen molar-refractivity contribution >= 4 is 44.7 Å². The van der Waals surface area contributed by atoms with Crippen LogP contribution >= 0.6 is 27.5 Å². The minimum absolute atomic E-state index is 0.255. The molecule has 0 unspecified atom stereocenters. The van der Waals surface area contributed by atoms with E-state index >= 15 is 0 Å². The van der Waals surface area contributed by atoms with Gasteiger partial charge in [0.1, 0.15) is 16.8 Å². The van der Waals surface area contributed by atoms with Crippen LogP contribution in [0.25, 0.3) is 0 Å². The summed E-state index contributed by atoms with van der Waals surface area (Å²) in [6.07, 6.45) is 0. The Kier molecular flexibility index (Phi) is 3.49. The van der Waals surface area contributed by atoms with Gasteiger partial charge in [-0.3, -0.25) is 0 Å². The molecule has 6 heteroatoms. The molecule has 1 aromatic carbocycles. The molecule has 0 saturated carbocycles. The van der Waals surface area contributed by atoms with Crippen LogP contribution < -0.4 is 11.1 Å². The second-order valence-corrected chi connectivity index (χ2v) is 4.66. The number of nitrogens with zero attached hydrogens (tertiary/aromatic N) is 1. The fourth-order valence-corrected chi connectivity index (χ4v) is 1.86. The van der Waals surface area contributed by atoms with Gasteiger partial charge in [0, 0.05) is 16.2 Å². The molecule has 0 aliphatic rings. The molecule has 0 spiro atoms. The molecule has 0 fully saturated rings. The van der Waals surface area contributed by atoms with E-state index in [1.807, 2.05) is 0 Å². The largest absolute Gasteiger partial charge is 0.399 e. The van der Waals surface area contributed by atoms with Crippen molar-refractivity contribution in [1.29, 1.82) is 0 Å². The zero-order valence-electron chi connectivity index (χ0n) is 8.55. The Labute approximate surface area is 111 Å². The van der Waals surface area contributed by atoms with Crippen LogP contribution in [0.4, 0.5) is 21.6 Å². The smallest absolute Gasteiger partial charge is 0.147 e. The van der Waals surface area contributed by atoms with Gasteiger partial charge >= 0.3 is 0 Å². The first-order valence-corrected chi connectivity index (χ1v) is 5.87. The predicted molar refractivity (Wildman–Crippen MR) is 71.0 cm³/mol. The van der Waals surface area contributed by atoms with Crippen molar-refractivity contribution in [3.63, 3.8) is 0 Å². The van der Waals surface area contributed by atoms with Gasteiger partial charge in [-0.05, 0) is 24.3 Å². The van der Waals surface area contributed by atoms with Gasteiger partial charge in [-0.2, -0.15) is 0 Å². The van der Waals surface area contributed by atoms with E-state index in [1.54, 1.807) is 18.2 Å². The molecule has 0 aliphatic carbocycles. The zero-order chi connectivity index (χ0) is 12.4. The van der Waals surface area contributed by atoms with E-state index in [2.05, 4.69) is 26.2 Å². The summed E-state index contributed by atoms with van der Waals surface area (Å²) in [7, 11) is 0. The monoisotopic (exact) mass is 315 g/mol. The highest BCUT2D eigenvalue weighted by Crippen LogP contribution is 2.24. The number of nitrogens with two attached hydrogens (primary N) is 1. The molecule has 0 atom stereocenters. The van der Waals surface area contributed by atoms with E-state index in [0.29, 0.717) is 21.7 Å². The Morgan fingerprint density at radius 2 is 2.06 bits per heavy atom. The third kappa shape index (κ3) is 3.08. The van der Waals surface area contributed by atoms with E-state index in [9.17, 15) is 4.39 Å². The van der Waals surface area contributed by atoms with Crippen LogP contribution in [0.3, 0.4) is 0 Å². The fourth-order valence-electron chi connectivity index (χ4n) is 1.31. The molecular formula is C11H8BrClFN3. The summed E-state index contributed by atoms with van der Waals surface area (Å²) >= 11 is 8.93. The number of hydrogen-bond donors (Lipinski definition) is 2. The van der Waals surface area contributed by atoms with E-state index in [1.165, 1.54) is 12.1 Å². The van der Waals surface area contributed by atoms with Crippen LogP contribution in [-0.4, -0.2) is 4.98 Å². The maximum absolute atomic E-state index is 13.6. The lowest BCUT2D eigenvalue weighted by Gasteiger charge is -2.08. The quantitative estimate of drug-likeness (QED) is 0.825. The van der Waals surface area contributed by atoms with Crippen LogP contribution in [0.5, 0.6) is 0 Å². The van der Waals surface area contributed by atoms with Crippen LogP contribution in [0, 0.1) is 5.82 Å². The van der Waals surface area contributed by atoms with E-state index < -0.39 is 0 Å². The number of anilines is 3. The SMILES string of the molecule is Nc1cc(Cl)nc(Nc2ccc(Br)cc2F)c1. The van der Waals surface area contributed by atoms with Crippen molar-refractivity contribution in [2.24, 2.45) is 0 Å². The molecule has 0 bridgehead atoms. The normalized spacial score (nSPS) is 10.3. The van der Waals surface area contributed by atoms with Gasteiger partial charge in [-0.15, -0.1) is 0 Å². The van der Waals surface area contributed by atoms with Crippen molar-refractivity contribution in [3.8, 4) is 0 Å². The van der Waals surface area contributed by atoms with Crippen LogP contribution in [0.1, 0.15) is 0 Å². The number of aromatic nitrogens is 1. The van der Waals surface area contributed by atoms with E-state index in [4.69, 9.17) is 17.3 Å². The first-order valence-electron chi connectivity index (χ1n) is 4.70. The lowest BCUT2D eigenvalue weighted by Crippen LogP contribution is -1.98. The van der Waals surface area contributed by atoms with E-state index in [-0.39, 0.29) is 11.0 Å². The molecule has 0 saturated heterocycles. The fraction of sp³-hybridized carbons (Fsp3) is 0. The Morgan fingerprint density at radius 3 is 2.71 bits per heavy atom. The molecule has 3 nitrogen and oxygen atoms in total. The highest BCUT2D eigenvalue weighted by molar-refractivity contribution is 9.10. The molecule has 1 aromatic heterocycles. The summed E-state index contributed by atoms with van der Waals surface area (Å²) < 4.78 is 14.2. The minimum Gasteiger partial charge on any atom is -0.399 e. The minimum atomic E-state index is -0.389. The van der Waals surface area contributed by atoms with Gasteiger partial charge in [0.05, 0.1) is 5.69 Å². The summed E-state index contributed by atoms with van der Waals surface area (Å²) in [6, 6.07) is 7.77. The first-order chi connectivity index (χ1) is 8.04. The molecule has 1 heterocycles. The number of halogens is 3. The molecule has 88 valence electrons. The van der Waals surface area contributed by atoms with E-state index in [0.717, 1.165) is 0 Å². The summed E-state index contributed by atoms with van der Waals surface area (Å²) in [5, 5.41) is 3.06. The van der Waals surface area contributed by atoms with Crippen LogP contribution in [0.15, 0.2) is 34.8 Å². The van der Waals surface area contributed by atoms with Crippen molar-refractivity contribution in [2.45, 2.75) is 0 Å². The number of hydrogen-bond acceptors (Lipinski definition) is 3. The summed E-state index contributed by atoms with van der Waals surface area (Å²) in [5.74, 6) is 0.0101. The zero-order valence-corrected chi connectivity index (χ0v) is 10.9. The van der Waals surface area contributed by atoms with Crippen molar-refractivity contribution in [3.05, 3.63) is 45.8 Å². The molecule has 2 rings (SSSR count). The second kappa shape index (κ2) is 4.89.